The number of carbonyl (C=O) groups is 1. The molecule has 0 aliphatic rings. The second-order valence-electron chi connectivity index (χ2n) is 6.82. The van der Waals surface area contributed by atoms with Gasteiger partial charge in [0.25, 0.3) is 5.91 Å². The zero-order valence-corrected chi connectivity index (χ0v) is 15.9. The maximum Gasteiger partial charge on any atom is 0.387 e. The third-order valence-electron chi connectivity index (χ3n) is 4.56. The van der Waals surface area contributed by atoms with Crippen molar-refractivity contribution in [2.75, 3.05) is 7.11 Å². The molecule has 3 aromatic rings. The summed E-state index contributed by atoms with van der Waals surface area (Å²) >= 11 is 0. The number of nitrogens with zero attached hydrogens (tertiary/aromatic N) is 3. The summed E-state index contributed by atoms with van der Waals surface area (Å²) in [6.45, 7) is 0.444. The Hall–Kier alpha value is -3.67. The number of imidazole rings is 1. The molecule has 0 saturated carbocycles. The monoisotopic (exact) mass is 400 g/mol. The van der Waals surface area contributed by atoms with Crippen molar-refractivity contribution in [3.63, 3.8) is 0 Å². The number of pyridine rings is 1. The van der Waals surface area contributed by atoms with E-state index in [2.05, 4.69) is 15.8 Å². The normalized spacial score (nSPS) is 11.5. The fourth-order valence-corrected chi connectivity index (χ4v) is 2.98. The number of hydrogen-bond acceptors (Lipinski definition) is 5. The van der Waals surface area contributed by atoms with Crippen LogP contribution in [0.25, 0.3) is 16.9 Å². The maximum atomic E-state index is 12.9. The average molecular weight is 400 g/mol. The second kappa shape index (κ2) is 7.39. The Bertz CT molecular complexity index is 1130. The van der Waals surface area contributed by atoms with Crippen LogP contribution < -0.4 is 15.2 Å². The summed E-state index contributed by atoms with van der Waals surface area (Å²) in [6, 6.07) is 8.57. The van der Waals surface area contributed by atoms with Crippen molar-refractivity contribution in [1.82, 2.24) is 9.38 Å². The zero-order chi connectivity index (χ0) is 21.3. The van der Waals surface area contributed by atoms with Crippen molar-refractivity contribution in [2.24, 2.45) is 5.73 Å². The highest BCUT2D eigenvalue weighted by molar-refractivity contribution is 5.99. The lowest BCUT2D eigenvalue weighted by Crippen LogP contribution is -2.16. The van der Waals surface area contributed by atoms with Crippen LogP contribution in [0.5, 0.6) is 11.5 Å². The zero-order valence-electron chi connectivity index (χ0n) is 15.9. The molecule has 0 bridgehead atoms. The molecule has 7 nitrogen and oxygen atoms in total. The first-order valence-corrected chi connectivity index (χ1v) is 8.53. The lowest BCUT2D eigenvalue weighted by molar-refractivity contribution is -0.0502. The Kier molecular flexibility index (Phi) is 5.12. The molecule has 2 aromatic heterocycles. The fourth-order valence-electron chi connectivity index (χ4n) is 2.98. The van der Waals surface area contributed by atoms with Crippen LogP contribution in [0.1, 0.15) is 29.8 Å². The number of nitrogens with two attached hydrogens (primary N) is 1. The number of amides is 1. The molecule has 29 heavy (non-hydrogen) atoms. The van der Waals surface area contributed by atoms with Crippen molar-refractivity contribution < 1.29 is 23.0 Å². The SMILES string of the molecule is COc1cc(-c2cnc3cc(C(C)(C)C#N)ccn23)cc(OC(F)F)c1C(N)=O. The minimum atomic E-state index is -3.15. The molecule has 0 aliphatic heterocycles. The lowest BCUT2D eigenvalue weighted by Gasteiger charge is -2.16. The Balaban J connectivity index is 2.19. The molecule has 0 aliphatic carbocycles. The number of benzene rings is 1. The van der Waals surface area contributed by atoms with Gasteiger partial charge in [0, 0.05) is 11.8 Å². The summed E-state index contributed by atoms with van der Waals surface area (Å²) in [6.07, 6.45) is 3.28. The van der Waals surface area contributed by atoms with Gasteiger partial charge < -0.3 is 15.2 Å². The van der Waals surface area contributed by atoms with E-state index in [1.807, 2.05) is 0 Å². The number of halogens is 2. The van der Waals surface area contributed by atoms with E-state index in [1.54, 1.807) is 42.8 Å². The highest BCUT2D eigenvalue weighted by Gasteiger charge is 2.23. The molecular weight excluding hydrogens is 382 g/mol. The molecule has 0 spiro atoms. The third kappa shape index (κ3) is 3.69. The van der Waals surface area contributed by atoms with Crippen LogP contribution in [0, 0.1) is 11.3 Å². The smallest absolute Gasteiger partial charge is 0.387 e. The highest BCUT2D eigenvalue weighted by atomic mass is 19.3. The van der Waals surface area contributed by atoms with Gasteiger partial charge in [-0.2, -0.15) is 14.0 Å². The number of methoxy groups -OCH3 is 1. The molecule has 3 rings (SSSR count). The van der Waals surface area contributed by atoms with Crippen molar-refractivity contribution in [3.8, 4) is 28.8 Å². The van der Waals surface area contributed by atoms with E-state index in [0.29, 0.717) is 16.9 Å². The van der Waals surface area contributed by atoms with Crippen molar-refractivity contribution >= 4 is 11.6 Å². The first-order valence-electron chi connectivity index (χ1n) is 8.53. The van der Waals surface area contributed by atoms with E-state index in [-0.39, 0.29) is 17.1 Å². The molecule has 0 saturated heterocycles. The van der Waals surface area contributed by atoms with Crippen molar-refractivity contribution in [3.05, 3.63) is 47.8 Å². The standard InChI is InChI=1S/C20H18F2N4O3/c1-20(2,10-23)12-4-5-26-13(9-25-16(26)8-12)11-6-14(28-3)17(18(24)27)15(7-11)29-19(21)22/h4-9,19H,1-3H3,(H2,24,27). The van der Waals surface area contributed by atoms with Gasteiger partial charge in [0.05, 0.1) is 30.5 Å². The lowest BCUT2D eigenvalue weighted by atomic mass is 9.87. The van der Waals surface area contributed by atoms with Gasteiger partial charge >= 0.3 is 6.61 Å². The number of alkyl halides is 2. The minimum Gasteiger partial charge on any atom is -0.496 e. The van der Waals surface area contributed by atoms with Gasteiger partial charge in [0.2, 0.25) is 0 Å². The van der Waals surface area contributed by atoms with E-state index in [9.17, 15) is 18.8 Å². The van der Waals surface area contributed by atoms with Gasteiger partial charge in [-0.3, -0.25) is 9.20 Å². The Morgan fingerprint density at radius 2 is 2.00 bits per heavy atom. The van der Waals surface area contributed by atoms with E-state index < -0.39 is 17.9 Å². The first-order chi connectivity index (χ1) is 13.7. The van der Waals surface area contributed by atoms with Crippen LogP contribution in [0.3, 0.4) is 0 Å². The molecular formula is C20H18F2N4O3. The largest absolute Gasteiger partial charge is 0.496 e. The van der Waals surface area contributed by atoms with Crippen LogP contribution in [0.15, 0.2) is 36.7 Å². The Morgan fingerprint density at radius 3 is 2.59 bits per heavy atom. The summed E-state index contributed by atoms with van der Waals surface area (Å²) < 4.78 is 37.1. The first kappa shape index (κ1) is 20.1. The predicted molar refractivity (Wildman–Crippen MR) is 101 cm³/mol. The van der Waals surface area contributed by atoms with Crippen LogP contribution in [0.2, 0.25) is 0 Å². The number of carbonyl (C=O) groups excluding carboxylic acids is 1. The molecule has 0 unspecified atom stereocenters. The summed E-state index contributed by atoms with van der Waals surface area (Å²) in [5.74, 6) is -1.34. The van der Waals surface area contributed by atoms with E-state index >= 15 is 0 Å². The molecule has 0 fully saturated rings. The number of primary amides is 1. The molecule has 150 valence electrons. The summed E-state index contributed by atoms with van der Waals surface area (Å²) in [5.41, 5.74) is 6.67. The number of nitriles is 1. The van der Waals surface area contributed by atoms with Gasteiger partial charge in [-0.25, -0.2) is 4.98 Å². The summed E-state index contributed by atoms with van der Waals surface area (Å²) in [4.78, 5) is 16.1. The molecule has 0 atom stereocenters. The van der Waals surface area contributed by atoms with Crippen LogP contribution in [-0.2, 0) is 5.41 Å². The molecule has 2 heterocycles. The fraction of sp³-hybridized carbons (Fsp3) is 0.250. The summed E-state index contributed by atoms with van der Waals surface area (Å²) in [7, 11) is 1.29. The topological polar surface area (TPSA) is 103 Å². The maximum absolute atomic E-state index is 12.9. The number of ether oxygens (including phenoxy) is 2. The molecule has 1 aromatic carbocycles. The van der Waals surface area contributed by atoms with Crippen molar-refractivity contribution in [2.45, 2.75) is 25.9 Å². The second-order valence-corrected chi connectivity index (χ2v) is 6.82. The predicted octanol–water partition coefficient (Wildman–Crippen LogP) is 3.51. The van der Waals surface area contributed by atoms with Gasteiger partial charge in [-0.1, -0.05) is 0 Å². The van der Waals surface area contributed by atoms with E-state index in [1.165, 1.54) is 19.2 Å². The van der Waals surface area contributed by atoms with Crippen LogP contribution in [-0.4, -0.2) is 29.0 Å². The van der Waals surface area contributed by atoms with E-state index in [0.717, 1.165) is 5.56 Å². The Morgan fingerprint density at radius 1 is 1.31 bits per heavy atom. The minimum absolute atomic E-state index is 0.00262. The van der Waals surface area contributed by atoms with Crippen molar-refractivity contribution in [1.29, 1.82) is 5.26 Å². The molecule has 1 amide bonds. The molecule has 9 heteroatoms. The number of hydrogen-bond donors (Lipinski definition) is 1. The quantitative estimate of drug-likeness (QED) is 0.682. The van der Waals surface area contributed by atoms with Crippen LogP contribution >= 0.6 is 0 Å². The molecule has 0 radical (unpaired) electrons. The summed E-state index contributed by atoms with van der Waals surface area (Å²) in [5, 5.41) is 9.33. The van der Waals surface area contributed by atoms with E-state index in [4.69, 9.17) is 10.5 Å². The van der Waals surface area contributed by atoms with Gasteiger partial charge in [0.1, 0.15) is 22.7 Å². The average Bonchev–Trinajstić information content (AvgIpc) is 3.09. The van der Waals surface area contributed by atoms with Gasteiger partial charge in [-0.05, 0) is 43.7 Å². The highest BCUT2D eigenvalue weighted by Crippen LogP contribution is 2.36. The van der Waals surface area contributed by atoms with Gasteiger partial charge in [0.15, 0.2) is 0 Å². The molecule has 2 N–H and O–H groups in total. The van der Waals surface area contributed by atoms with Gasteiger partial charge in [-0.15, -0.1) is 0 Å². The number of rotatable bonds is 6. The Labute approximate surface area is 165 Å². The third-order valence-corrected chi connectivity index (χ3v) is 4.56. The number of fused-ring (bicyclic) bond motifs is 1. The number of aromatic nitrogens is 2. The van der Waals surface area contributed by atoms with Crippen LogP contribution in [0.4, 0.5) is 8.78 Å².